The summed E-state index contributed by atoms with van der Waals surface area (Å²) >= 11 is 7.34. The minimum Gasteiger partial charge on any atom is -0.497 e. The van der Waals surface area contributed by atoms with Crippen molar-refractivity contribution in [3.05, 3.63) is 89.6 Å². The number of thiazole rings is 1. The van der Waals surface area contributed by atoms with Crippen molar-refractivity contribution >= 4 is 35.0 Å². The zero-order valence-corrected chi connectivity index (χ0v) is 20.7. The Hall–Kier alpha value is -3.36. The van der Waals surface area contributed by atoms with Gasteiger partial charge in [0.05, 0.1) is 42.7 Å². The summed E-state index contributed by atoms with van der Waals surface area (Å²) < 4.78 is 18.0. The predicted molar refractivity (Wildman–Crippen MR) is 131 cm³/mol. The molecule has 2 aromatic carbocycles. The Morgan fingerprint density at radius 2 is 1.91 bits per heavy atom. The number of hydrogen-bond acceptors (Lipinski definition) is 7. The number of allylic oxidation sites excluding steroid dienone is 1. The topological polar surface area (TPSA) is 79.1 Å². The van der Waals surface area contributed by atoms with E-state index >= 15 is 0 Å². The van der Waals surface area contributed by atoms with Crippen molar-refractivity contribution < 1.29 is 19.0 Å². The third-order valence-corrected chi connectivity index (χ3v) is 6.66. The average molecular weight is 499 g/mol. The average Bonchev–Trinajstić information content (AvgIpc) is 3.13. The van der Waals surface area contributed by atoms with Crippen LogP contribution in [0.25, 0.3) is 6.08 Å². The molecule has 0 saturated carbocycles. The molecule has 1 atom stereocenters. The van der Waals surface area contributed by atoms with Crippen LogP contribution in [0.4, 0.5) is 0 Å². The quantitative estimate of drug-likeness (QED) is 0.486. The van der Waals surface area contributed by atoms with Crippen molar-refractivity contribution in [3.63, 3.8) is 0 Å². The van der Waals surface area contributed by atoms with Gasteiger partial charge in [-0.05, 0) is 49.8 Å². The molecular weight excluding hydrogens is 476 g/mol. The summed E-state index contributed by atoms with van der Waals surface area (Å²) in [5, 5.41) is 0.557. The van der Waals surface area contributed by atoms with Gasteiger partial charge in [0.2, 0.25) is 0 Å². The molecule has 0 fully saturated rings. The van der Waals surface area contributed by atoms with Gasteiger partial charge >= 0.3 is 5.97 Å². The number of methoxy groups -OCH3 is 2. The summed E-state index contributed by atoms with van der Waals surface area (Å²) in [6.07, 6.45) is 1.75. The first-order chi connectivity index (χ1) is 16.4. The van der Waals surface area contributed by atoms with Crippen LogP contribution < -0.4 is 24.4 Å². The van der Waals surface area contributed by atoms with Crippen molar-refractivity contribution in [1.82, 2.24) is 4.57 Å². The second-order valence-electron chi connectivity index (χ2n) is 7.46. The lowest BCUT2D eigenvalue weighted by Crippen LogP contribution is -2.39. The highest BCUT2D eigenvalue weighted by molar-refractivity contribution is 7.07. The normalized spacial score (nSPS) is 15.6. The maximum absolute atomic E-state index is 13.6. The monoisotopic (exact) mass is 498 g/mol. The smallest absolute Gasteiger partial charge is 0.338 e. The van der Waals surface area contributed by atoms with Gasteiger partial charge in [-0.3, -0.25) is 9.36 Å². The number of halogens is 1. The molecule has 176 valence electrons. The van der Waals surface area contributed by atoms with Gasteiger partial charge in [-0.2, -0.15) is 0 Å². The number of ether oxygens (including phenoxy) is 3. The fourth-order valence-corrected chi connectivity index (χ4v) is 4.99. The van der Waals surface area contributed by atoms with Gasteiger partial charge in [-0.15, -0.1) is 0 Å². The summed E-state index contributed by atoms with van der Waals surface area (Å²) in [5.74, 6) is 0.713. The molecule has 0 bridgehead atoms. The Balaban J connectivity index is 1.94. The number of aromatic nitrogens is 1. The lowest BCUT2D eigenvalue weighted by molar-refractivity contribution is -0.139. The summed E-state index contributed by atoms with van der Waals surface area (Å²) in [4.78, 5) is 31.6. The van der Waals surface area contributed by atoms with Crippen molar-refractivity contribution in [2.24, 2.45) is 4.99 Å². The first kappa shape index (κ1) is 23.8. The van der Waals surface area contributed by atoms with Crippen LogP contribution in [0.5, 0.6) is 11.5 Å². The molecule has 4 rings (SSSR count). The molecule has 0 spiro atoms. The highest BCUT2D eigenvalue weighted by Gasteiger charge is 2.33. The van der Waals surface area contributed by atoms with Gasteiger partial charge in [0.15, 0.2) is 4.80 Å². The van der Waals surface area contributed by atoms with E-state index in [-0.39, 0.29) is 12.2 Å². The molecule has 1 aromatic heterocycles. The largest absolute Gasteiger partial charge is 0.497 e. The highest BCUT2D eigenvalue weighted by Crippen LogP contribution is 2.31. The number of fused-ring (bicyclic) bond motifs is 1. The summed E-state index contributed by atoms with van der Waals surface area (Å²) in [5.41, 5.74) is 2.02. The van der Waals surface area contributed by atoms with Gasteiger partial charge in [-0.1, -0.05) is 35.1 Å². The van der Waals surface area contributed by atoms with Gasteiger partial charge in [0.25, 0.3) is 5.56 Å². The Labute approximate surface area is 205 Å². The molecule has 34 heavy (non-hydrogen) atoms. The van der Waals surface area contributed by atoms with E-state index in [2.05, 4.69) is 4.99 Å². The maximum atomic E-state index is 13.6. The third-order valence-electron chi connectivity index (χ3n) is 5.43. The molecule has 0 aliphatic carbocycles. The molecule has 3 aromatic rings. The van der Waals surface area contributed by atoms with E-state index in [1.807, 2.05) is 6.07 Å². The van der Waals surface area contributed by atoms with E-state index in [0.29, 0.717) is 37.1 Å². The zero-order valence-electron chi connectivity index (χ0n) is 19.1. The van der Waals surface area contributed by atoms with Gasteiger partial charge in [0.1, 0.15) is 11.5 Å². The number of carbonyl (C=O) groups excluding carboxylic acids is 1. The van der Waals surface area contributed by atoms with E-state index in [9.17, 15) is 9.59 Å². The fourth-order valence-electron chi connectivity index (χ4n) is 3.83. The molecular formula is C25H23ClN2O5S. The first-order valence-electron chi connectivity index (χ1n) is 10.5. The van der Waals surface area contributed by atoms with Crippen LogP contribution in [-0.2, 0) is 9.53 Å². The number of rotatable bonds is 6. The Kier molecular flexibility index (Phi) is 6.90. The van der Waals surface area contributed by atoms with Crippen molar-refractivity contribution in [2.45, 2.75) is 19.9 Å². The number of benzene rings is 2. The molecule has 7 nitrogen and oxygen atoms in total. The minimum absolute atomic E-state index is 0.213. The van der Waals surface area contributed by atoms with Crippen LogP contribution in [-0.4, -0.2) is 31.4 Å². The SMILES string of the molecule is CCOC(=O)C1=C(C)N=c2sc(=Cc3ccc(OC)cc3OC)c(=O)n2[C@H]1c1ccc(Cl)cc1. The van der Waals surface area contributed by atoms with Gasteiger partial charge in [0, 0.05) is 16.7 Å². The van der Waals surface area contributed by atoms with E-state index < -0.39 is 12.0 Å². The Bertz CT molecular complexity index is 1450. The second-order valence-corrected chi connectivity index (χ2v) is 8.91. The molecule has 0 unspecified atom stereocenters. The third kappa shape index (κ3) is 4.38. The lowest BCUT2D eigenvalue weighted by atomic mass is 9.96. The van der Waals surface area contributed by atoms with Crippen LogP contribution >= 0.6 is 22.9 Å². The number of nitrogens with zero attached hydrogens (tertiary/aromatic N) is 2. The van der Waals surface area contributed by atoms with Gasteiger partial charge < -0.3 is 14.2 Å². The molecule has 0 saturated heterocycles. The standard InChI is InChI=1S/C25H23ClN2O5S/c1-5-33-24(30)21-14(2)27-25-28(22(21)15-6-9-17(26)10-7-15)23(29)20(34-25)12-16-8-11-18(31-3)13-19(16)32-4/h6-13,22H,5H2,1-4H3/t22-/m0/s1. The van der Waals surface area contributed by atoms with E-state index in [1.165, 1.54) is 15.9 Å². The van der Waals surface area contributed by atoms with Crippen LogP contribution in [0.1, 0.15) is 31.0 Å². The van der Waals surface area contributed by atoms with E-state index in [4.69, 9.17) is 25.8 Å². The number of carbonyl (C=O) groups is 1. The molecule has 0 radical (unpaired) electrons. The zero-order chi connectivity index (χ0) is 24.4. The molecule has 9 heteroatoms. The highest BCUT2D eigenvalue weighted by atomic mass is 35.5. The van der Waals surface area contributed by atoms with Crippen LogP contribution in [0.2, 0.25) is 5.02 Å². The summed E-state index contributed by atoms with van der Waals surface area (Å²) in [6.45, 7) is 3.70. The molecule has 2 heterocycles. The number of esters is 1. The molecule has 0 amide bonds. The minimum atomic E-state index is -0.688. The van der Waals surface area contributed by atoms with Gasteiger partial charge in [-0.25, -0.2) is 9.79 Å². The Morgan fingerprint density at radius 1 is 1.18 bits per heavy atom. The predicted octanol–water partition coefficient (Wildman–Crippen LogP) is 3.47. The number of hydrogen-bond donors (Lipinski definition) is 0. The maximum Gasteiger partial charge on any atom is 0.338 e. The van der Waals surface area contributed by atoms with Crippen LogP contribution in [0, 0.1) is 0 Å². The van der Waals surface area contributed by atoms with E-state index in [0.717, 1.165) is 11.1 Å². The summed E-state index contributed by atoms with van der Waals surface area (Å²) in [6, 6.07) is 11.7. The first-order valence-corrected chi connectivity index (χ1v) is 11.7. The van der Waals surface area contributed by atoms with Crippen molar-refractivity contribution in [3.8, 4) is 11.5 Å². The molecule has 1 aliphatic rings. The van der Waals surface area contributed by atoms with Crippen LogP contribution in [0.3, 0.4) is 0 Å². The molecule has 1 aliphatic heterocycles. The lowest BCUT2D eigenvalue weighted by Gasteiger charge is -2.24. The van der Waals surface area contributed by atoms with Crippen molar-refractivity contribution in [2.75, 3.05) is 20.8 Å². The Morgan fingerprint density at radius 3 is 2.56 bits per heavy atom. The molecule has 0 N–H and O–H groups in total. The second kappa shape index (κ2) is 9.87. The van der Waals surface area contributed by atoms with Crippen LogP contribution in [0.15, 0.2) is 63.5 Å². The van der Waals surface area contributed by atoms with E-state index in [1.54, 1.807) is 70.5 Å². The van der Waals surface area contributed by atoms with Crippen molar-refractivity contribution in [1.29, 1.82) is 0 Å². The fraction of sp³-hybridized carbons (Fsp3) is 0.240. The summed E-state index contributed by atoms with van der Waals surface area (Å²) in [7, 11) is 3.13.